The maximum Gasteiger partial charge on any atom is 0.143 e. The highest BCUT2D eigenvalue weighted by molar-refractivity contribution is 6.40. The number of nitrogens with zero attached hydrogens (tertiary/aromatic N) is 1. The highest BCUT2D eigenvalue weighted by Gasteiger charge is 2.32. The molecule has 0 bridgehead atoms. The van der Waals surface area contributed by atoms with Crippen molar-refractivity contribution in [1.29, 1.82) is 0 Å². The Morgan fingerprint density at radius 3 is 2.44 bits per heavy atom. The van der Waals surface area contributed by atoms with Crippen molar-refractivity contribution < 1.29 is 4.42 Å². The first-order chi connectivity index (χ1) is 15.6. The van der Waals surface area contributed by atoms with Crippen LogP contribution >= 0.6 is 0 Å². The smallest absolute Gasteiger partial charge is 0.143 e. The molecule has 6 rings (SSSR count). The number of furan rings is 1. The van der Waals surface area contributed by atoms with Crippen LogP contribution in [-0.4, -0.2) is 20.7 Å². The molecule has 1 aliphatic carbocycles. The molecule has 0 saturated heterocycles. The number of pyridine rings is 1. The summed E-state index contributed by atoms with van der Waals surface area (Å²) >= 11 is 0. The van der Waals surface area contributed by atoms with Crippen LogP contribution in [0.25, 0.3) is 44.0 Å². The molecule has 0 atom stereocenters. The standard InChI is InChI=1S/C28H27B2NO/c29-28(30,19-9-2-1-3-10-19)20-14-15-31-24(17-20)23-16-18-8-4-5-11-21(18)27-26(23)22-12-6-7-13-25(22)32-27/h4-8,11-17,19H,1-3,9-10,29-30H2. The van der Waals surface area contributed by atoms with Gasteiger partial charge in [-0.2, -0.15) is 0 Å². The fourth-order valence-electron chi connectivity index (χ4n) is 5.80. The molecule has 1 fully saturated rings. The molecule has 2 heterocycles. The highest BCUT2D eigenvalue weighted by Crippen LogP contribution is 2.42. The Balaban J connectivity index is 1.59. The fourth-order valence-corrected chi connectivity index (χ4v) is 5.80. The van der Waals surface area contributed by atoms with E-state index in [4.69, 9.17) is 9.40 Å². The summed E-state index contributed by atoms with van der Waals surface area (Å²) in [6.45, 7) is 0. The molecule has 0 radical (unpaired) electrons. The predicted octanol–water partition coefficient (Wildman–Crippen LogP) is 5.80. The van der Waals surface area contributed by atoms with Crippen LogP contribution in [0.1, 0.15) is 37.7 Å². The Morgan fingerprint density at radius 1 is 0.844 bits per heavy atom. The van der Waals surface area contributed by atoms with Gasteiger partial charge in [0.05, 0.1) is 5.69 Å². The Morgan fingerprint density at radius 2 is 1.59 bits per heavy atom. The van der Waals surface area contributed by atoms with Crippen molar-refractivity contribution >= 4 is 48.4 Å². The number of rotatable bonds is 3. The van der Waals surface area contributed by atoms with E-state index in [-0.39, 0.29) is 5.21 Å². The number of aromatic nitrogens is 1. The van der Waals surface area contributed by atoms with Crippen LogP contribution in [0.15, 0.2) is 77.3 Å². The normalized spacial score (nSPS) is 15.6. The van der Waals surface area contributed by atoms with E-state index in [1.165, 1.54) is 48.4 Å². The van der Waals surface area contributed by atoms with E-state index in [1.54, 1.807) is 0 Å². The summed E-state index contributed by atoms with van der Waals surface area (Å²) in [7, 11) is 4.84. The van der Waals surface area contributed by atoms with Crippen molar-refractivity contribution in [2.24, 2.45) is 5.92 Å². The first kappa shape index (κ1) is 19.7. The number of benzene rings is 3. The summed E-state index contributed by atoms with van der Waals surface area (Å²) in [5.74, 6) is 0.734. The van der Waals surface area contributed by atoms with E-state index in [9.17, 15) is 0 Å². The zero-order valence-electron chi connectivity index (χ0n) is 18.9. The van der Waals surface area contributed by atoms with E-state index < -0.39 is 0 Å². The summed E-state index contributed by atoms with van der Waals surface area (Å²) < 4.78 is 6.39. The van der Waals surface area contributed by atoms with Gasteiger partial charge in [0.2, 0.25) is 0 Å². The lowest BCUT2D eigenvalue weighted by Gasteiger charge is -2.38. The van der Waals surface area contributed by atoms with Crippen LogP contribution in [0, 0.1) is 5.92 Å². The minimum Gasteiger partial charge on any atom is -0.455 e. The molecule has 2 aromatic heterocycles. The van der Waals surface area contributed by atoms with Gasteiger partial charge in [0.15, 0.2) is 0 Å². The van der Waals surface area contributed by atoms with E-state index in [2.05, 4.69) is 76.4 Å². The SMILES string of the molecule is BC(B)(c1ccnc(-c2cc3ccccc3c3oc4ccccc4c23)c1)C1CCCCC1. The molecule has 4 heteroatoms. The van der Waals surface area contributed by atoms with Crippen molar-refractivity contribution in [3.05, 3.63) is 78.5 Å². The summed E-state index contributed by atoms with van der Waals surface area (Å²) in [6.07, 6.45) is 8.76. The molecular weight excluding hydrogens is 388 g/mol. The zero-order chi connectivity index (χ0) is 21.7. The van der Waals surface area contributed by atoms with E-state index in [1.807, 2.05) is 12.3 Å². The minimum atomic E-state index is 0.145. The zero-order valence-corrected chi connectivity index (χ0v) is 18.9. The second-order valence-electron chi connectivity index (χ2n) is 9.93. The largest absolute Gasteiger partial charge is 0.455 e. The van der Waals surface area contributed by atoms with Crippen LogP contribution < -0.4 is 0 Å². The third-order valence-corrected chi connectivity index (χ3v) is 7.78. The number of hydrogen-bond donors (Lipinski definition) is 0. The van der Waals surface area contributed by atoms with Crippen molar-refractivity contribution in [2.75, 3.05) is 0 Å². The number of fused-ring (bicyclic) bond motifs is 5. The maximum absolute atomic E-state index is 6.39. The van der Waals surface area contributed by atoms with Crippen molar-refractivity contribution in [2.45, 2.75) is 37.3 Å². The van der Waals surface area contributed by atoms with E-state index >= 15 is 0 Å². The summed E-state index contributed by atoms with van der Waals surface area (Å²) in [5, 5.41) is 4.81. The molecule has 0 unspecified atom stereocenters. The van der Waals surface area contributed by atoms with Gasteiger partial charge >= 0.3 is 0 Å². The molecule has 1 saturated carbocycles. The molecule has 5 aromatic rings. The Labute approximate surface area is 190 Å². The molecule has 0 N–H and O–H groups in total. The molecular formula is C28H27B2NO. The quantitative estimate of drug-likeness (QED) is 0.348. The molecule has 32 heavy (non-hydrogen) atoms. The van der Waals surface area contributed by atoms with Crippen LogP contribution in [-0.2, 0) is 5.21 Å². The monoisotopic (exact) mass is 415 g/mol. The number of para-hydroxylation sites is 1. The third kappa shape index (κ3) is 3.08. The van der Waals surface area contributed by atoms with Crippen molar-refractivity contribution in [1.82, 2.24) is 4.98 Å². The van der Waals surface area contributed by atoms with Gasteiger partial charge in [0.25, 0.3) is 0 Å². The second kappa shape index (κ2) is 7.55. The van der Waals surface area contributed by atoms with Gasteiger partial charge in [-0.1, -0.05) is 85.3 Å². The molecule has 0 spiro atoms. The average molecular weight is 415 g/mol. The lowest BCUT2D eigenvalue weighted by atomic mass is 9.43. The summed E-state index contributed by atoms with van der Waals surface area (Å²) in [5.41, 5.74) is 5.47. The van der Waals surface area contributed by atoms with Gasteiger partial charge in [-0.15, -0.1) is 0 Å². The van der Waals surface area contributed by atoms with E-state index in [0.717, 1.165) is 39.1 Å². The second-order valence-corrected chi connectivity index (χ2v) is 9.93. The predicted molar refractivity (Wildman–Crippen MR) is 140 cm³/mol. The lowest BCUT2D eigenvalue weighted by Crippen LogP contribution is -2.37. The first-order valence-electron chi connectivity index (χ1n) is 11.9. The molecule has 156 valence electrons. The van der Waals surface area contributed by atoms with Crippen LogP contribution in [0.2, 0.25) is 0 Å². The van der Waals surface area contributed by atoms with Crippen LogP contribution in [0.4, 0.5) is 0 Å². The van der Waals surface area contributed by atoms with Gasteiger partial charge < -0.3 is 4.42 Å². The Kier molecular flexibility index (Phi) is 4.64. The van der Waals surface area contributed by atoms with Crippen LogP contribution in [0.5, 0.6) is 0 Å². The molecule has 2 nitrogen and oxygen atoms in total. The van der Waals surface area contributed by atoms with Crippen molar-refractivity contribution in [3.63, 3.8) is 0 Å². The molecule has 0 aliphatic heterocycles. The highest BCUT2D eigenvalue weighted by atomic mass is 16.3. The molecule has 0 amide bonds. The topological polar surface area (TPSA) is 26.0 Å². The fraction of sp³-hybridized carbons (Fsp3) is 0.250. The summed E-state index contributed by atoms with van der Waals surface area (Å²) in [4.78, 5) is 4.87. The molecule has 1 aliphatic rings. The average Bonchev–Trinajstić information content (AvgIpc) is 3.24. The van der Waals surface area contributed by atoms with Gasteiger partial charge in [-0.25, -0.2) is 0 Å². The van der Waals surface area contributed by atoms with E-state index in [0.29, 0.717) is 0 Å². The maximum atomic E-state index is 6.39. The Hall–Kier alpha value is -3.00. The van der Waals surface area contributed by atoms with Gasteiger partial charge in [-0.05, 0) is 35.6 Å². The number of hydrogen-bond acceptors (Lipinski definition) is 2. The van der Waals surface area contributed by atoms with Gasteiger partial charge in [0, 0.05) is 27.9 Å². The first-order valence-corrected chi connectivity index (χ1v) is 11.9. The minimum absolute atomic E-state index is 0.145. The molecule has 3 aromatic carbocycles. The Bertz CT molecular complexity index is 1450. The van der Waals surface area contributed by atoms with Crippen LogP contribution in [0.3, 0.4) is 0 Å². The van der Waals surface area contributed by atoms with Crippen molar-refractivity contribution in [3.8, 4) is 11.3 Å². The van der Waals surface area contributed by atoms with Gasteiger partial charge in [0.1, 0.15) is 26.9 Å². The third-order valence-electron chi connectivity index (χ3n) is 7.78. The lowest BCUT2D eigenvalue weighted by molar-refractivity contribution is 0.327. The van der Waals surface area contributed by atoms with Gasteiger partial charge in [-0.3, -0.25) is 4.98 Å². The summed E-state index contributed by atoms with van der Waals surface area (Å²) in [6, 6.07) is 23.7.